The first kappa shape index (κ1) is 13.3. The van der Waals surface area contributed by atoms with Crippen molar-refractivity contribution in [3.05, 3.63) is 63.1 Å². The van der Waals surface area contributed by atoms with Gasteiger partial charge in [0.2, 0.25) is 5.82 Å². The Kier molecular flexibility index (Phi) is 4.19. The molecule has 0 heterocycles. The monoisotopic (exact) mass is 332 g/mol. The van der Waals surface area contributed by atoms with E-state index < -0.39 is 11.6 Å². The van der Waals surface area contributed by atoms with Gasteiger partial charge in [0, 0.05) is 15.1 Å². The third-order valence-electron chi connectivity index (χ3n) is 2.31. The van der Waals surface area contributed by atoms with Crippen molar-refractivity contribution in [3.63, 3.8) is 0 Å². The van der Waals surface area contributed by atoms with Gasteiger partial charge in [0.05, 0.1) is 0 Å². The van der Waals surface area contributed by atoms with Crippen LogP contribution in [0.2, 0.25) is 5.02 Å². The molecule has 0 spiro atoms. The topological polar surface area (TPSA) is 9.23 Å². The molecule has 0 aliphatic rings. The summed E-state index contributed by atoms with van der Waals surface area (Å²) in [6.07, 6.45) is 0. The summed E-state index contributed by atoms with van der Waals surface area (Å²) < 4.78 is 32.3. The van der Waals surface area contributed by atoms with Crippen LogP contribution < -0.4 is 4.74 Å². The highest BCUT2D eigenvalue weighted by Crippen LogP contribution is 2.24. The lowest BCUT2D eigenvalue weighted by molar-refractivity contribution is 0.284. The smallest absolute Gasteiger partial charge is 0.200 e. The van der Waals surface area contributed by atoms with Gasteiger partial charge in [0.15, 0.2) is 11.6 Å². The van der Waals surface area contributed by atoms with Crippen molar-refractivity contribution in [2.24, 2.45) is 0 Å². The van der Waals surface area contributed by atoms with Gasteiger partial charge in [-0.3, -0.25) is 0 Å². The lowest BCUT2D eigenvalue weighted by atomic mass is 10.2. The van der Waals surface area contributed by atoms with Crippen LogP contribution in [0.3, 0.4) is 0 Å². The van der Waals surface area contributed by atoms with E-state index in [9.17, 15) is 8.78 Å². The van der Waals surface area contributed by atoms with E-state index in [1.165, 1.54) is 12.1 Å². The third kappa shape index (κ3) is 3.00. The van der Waals surface area contributed by atoms with E-state index in [0.29, 0.717) is 10.6 Å². The molecule has 2 rings (SSSR count). The highest BCUT2D eigenvalue weighted by molar-refractivity contribution is 9.10. The second-order valence-corrected chi connectivity index (χ2v) is 4.90. The molecule has 0 aromatic heterocycles. The van der Waals surface area contributed by atoms with Gasteiger partial charge >= 0.3 is 0 Å². The van der Waals surface area contributed by atoms with Crippen molar-refractivity contribution in [3.8, 4) is 5.75 Å². The van der Waals surface area contributed by atoms with Crippen molar-refractivity contribution in [1.29, 1.82) is 0 Å². The molecule has 0 atom stereocenters. The Hall–Kier alpha value is -1.13. The Balaban J connectivity index is 2.14. The third-order valence-corrected chi connectivity index (χ3v) is 3.16. The van der Waals surface area contributed by atoms with Crippen LogP contribution >= 0.6 is 27.5 Å². The van der Waals surface area contributed by atoms with Gasteiger partial charge in [0.1, 0.15) is 6.61 Å². The van der Waals surface area contributed by atoms with Gasteiger partial charge in [-0.05, 0) is 24.3 Å². The van der Waals surface area contributed by atoms with Crippen molar-refractivity contribution < 1.29 is 13.5 Å². The maximum absolute atomic E-state index is 13.3. The van der Waals surface area contributed by atoms with Gasteiger partial charge in [-0.2, -0.15) is 4.39 Å². The molecule has 0 unspecified atom stereocenters. The summed E-state index contributed by atoms with van der Waals surface area (Å²) in [5.74, 6) is -2.06. The van der Waals surface area contributed by atoms with Crippen molar-refractivity contribution in [2.75, 3.05) is 0 Å². The summed E-state index contributed by atoms with van der Waals surface area (Å²) in [6.45, 7) is 0.0759. The summed E-state index contributed by atoms with van der Waals surface area (Å²) in [5.41, 5.74) is 0.698. The van der Waals surface area contributed by atoms with E-state index in [-0.39, 0.29) is 12.4 Å². The second kappa shape index (κ2) is 5.67. The predicted molar refractivity (Wildman–Crippen MR) is 69.8 cm³/mol. The Labute approximate surface area is 116 Å². The molecule has 18 heavy (non-hydrogen) atoms. The number of halogens is 4. The van der Waals surface area contributed by atoms with Crippen LogP contribution in [0.5, 0.6) is 5.75 Å². The Bertz CT molecular complexity index is 575. The minimum absolute atomic E-state index is 0.0759. The largest absolute Gasteiger partial charge is 0.486 e. The molecule has 0 saturated heterocycles. The van der Waals surface area contributed by atoms with E-state index in [0.717, 1.165) is 10.5 Å². The molecule has 2 aromatic rings. The highest BCUT2D eigenvalue weighted by Gasteiger charge is 2.09. The predicted octanol–water partition coefficient (Wildman–Crippen LogP) is 4.96. The summed E-state index contributed by atoms with van der Waals surface area (Å²) in [4.78, 5) is 0. The molecule has 0 radical (unpaired) electrons. The molecule has 5 heteroatoms. The number of benzene rings is 2. The van der Waals surface area contributed by atoms with Crippen LogP contribution in [0.1, 0.15) is 5.56 Å². The molecule has 0 aliphatic heterocycles. The molecule has 0 fully saturated rings. The van der Waals surface area contributed by atoms with Crippen LogP contribution in [-0.2, 0) is 6.61 Å². The Morgan fingerprint density at radius 3 is 2.67 bits per heavy atom. The normalized spacial score (nSPS) is 10.4. The fourth-order valence-electron chi connectivity index (χ4n) is 1.39. The lowest BCUT2D eigenvalue weighted by Crippen LogP contribution is -1.99. The standard InChI is InChI=1S/C13H8BrClF2O/c14-9-5-4-8(10(15)6-9)7-18-12-3-1-2-11(16)13(12)17/h1-6H,7H2. The fourth-order valence-corrected chi connectivity index (χ4v) is 2.12. The molecule has 0 amide bonds. The molecule has 94 valence electrons. The fraction of sp³-hybridized carbons (Fsp3) is 0.0769. The zero-order valence-corrected chi connectivity index (χ0v) is 11.4. The van der Waals surface area contributed by atoms with E-state index in [1.54, 1.807) is 18.2 Å². The minimum Gasteiger partial charge on any atom is -0.486 e. The van der Waals surface area contributed by atoms with E-state index in [4.69, 9.17) is 16.3 Å². The zero-order chi connectivity index (χ0) is 13.1. The van der Waals surface area contributed by atoms with Crippen LogP contribution in [0, 0.1) is 11.6 Å². The van der Waals surface area contributed by atoms with Gasteiger partial charge < -0.3 is 4.74 Å². The van der Waals surface area contributed by atoms with Gasteiger partial charge in [-0.25, -0.2) is 4.39 Å². The van der Waals surface area contributed by atoms with Gasteiger partial charge in [-0.15, -0.1) is 0 Å². The molecule has 0 bridgehead atoms. The SMILES string of the molecule is Fc1cccc(OCc2ccc(Br)cc2Cl)c1F. The van der Waals surface area contributed by atoms with Crippen molar-refractivity contribution >= 4 is 27.5 Å². The van der Waals surface area contributed by atoms with Crippen LogP contribution in [0.4, 0.5) is 8.78 Å². The summed E-state index contributed by atoms with van der Waals surface area (Å²) >= 11 is 9.27. The first-order valence-electron chi connectivity index (χ1n) is 5.08. The van der Waals surface area contributed by atoms with Crippen LogP contribution in [0.15, 0.2) is 40.9 Å². The summed E-state index contributed by atoms with van der Waals surface area (Å²) in [5, 5.41) is 0.501. The highest BCUT2D eigenvalue weighted by atomic mass is 79.9. The first-order valence-corrected chi connectivity index (χ1v) is 6.26. The average Bonchev–Trinajstić information content (AvgIpc) is 2.33. The molecule has 0 aliphatic carbocycles. The molecule has 1 nitrogen and oxygen atoms in total. The molecule has 0 saturated carbocycles. The van der Waals surface area contributed by atoms with Crippen molar-refractivity contribution in [2.45, 2.75) is 6.61 Å². The number of rotatable bonds is 3. The van der Waals surface area contributed by atoms with E-state index in [2.05, 4.69) is 15.9 Å². The summed E-state index contributed by atoms with van der Waals surface area (Å²) in [6, 6.07) is 9.05. The molecule has 2 aromatic carbocycles. The van der Waals surface area contributed by atoms with Crippen LogP contribution in [0.25, 0.3) is 0 Å². The van der Waals surface area contributed by atoms with Gasteiger partial charge in [-0.1, -0.05) is 39.7 Å². The van der Waals surface area contributed by atoms with E-state index >= 15 is 0 Å². The first-order chi connectivity index (χ1) is 8.58. The molecule has 0 N–H and O–H groups in total. The maximum atomic E-state index is 13.3. The van der Waals surface area contributed by atoms with Crippen LogP contribution in [-0.4, -0.2) is 0 Å². The quantitative estimate of drug-likeness (QED) is 0.771. The lowest BCUT2D eigenvalue weighted by Gasteiger charge is -2.09. The minimum atomic E-state index is -0.995. The summed E-state index contributed by atoms with van der Waals surface area (Å²) in [7, 11) is 0. The zero-order valence-electron chi connectivity index (χ0n) is 9.09. The second-order valence-electron chi connectivity index (χ2n) is 3.58. The average molecular weight is 334 g/mol. The van der Waals surface area contributed by atoms with E-state index in [1.807, 2.05) is 0 Å². The maximum Gasteiger partial charge on any atom is 0.200 e. The number of ether oxygens (including phenoxy) is 1. The van der Waals surface area contributed by atoms with Gasteiger partial charge in [0.25, 0.3) is 0 Å². The number of hydrogen-bond acceptors (Lipinski definition) is 1. The number of hydrogen-bond donors (Lipinski definition) is 0. The Morgan fingerprint density at radius 2 is 1.94 bits per heavy atom. The Morgan fingerprint density at radius 1 is 1.17 bits per heavy atom. The molecular weight excluding hydrogens is 325 g/mol. The van der Waals surface area contributed by atoms with Crippen molar-refractivity contribution in [1.82, 2.24) is 0 Å². The molecular formula is C13H8BrClF2O.